The Labute approximate surface area is 131 Å². The third-order valence-electron chi connectivity index (χ3n) is 2.98. The van der Waals surface area contributed by atoms with Crippen molar-refractivity contribution in [3.05, 3.63) is 65.2 Å². The highest BCUT2D eigenvalue weighted by molar-refractivity contribution is 6.09. The Hall–Kier alpha value is -3.20. The smallest absolute Gasteiger partial charge is 0.266 e. The fraction of sp³-hybridized carbons (Fsp3) is 0.0588. The van der Waals surface area contributed by atoms with E-state index < -0.39 is 17.5 Å². The lowest BCUT2D eigenvalue weighted by Gasteiger charge is -2.06. The van der Waals surface area contributed by atoms with Gasteiger partial charge in [0.2, 0.25) is 0 Å². The number of amides is 1. The van der Waals surface area contributed by atoms with E-state index in [1.807, 2.05) is 0 Å². The summed E-state index contributed by atoms with van der Waals surface area (Å²) in [6, 6.07) is 11.1. The van der Waals surface area contributed by atoms with Gasteiger partial charge in [0.25, 0.3) is 5.91 Å². The first kappa shape index (κ1) is 16.2. The number of carbonyl (C=O) groups excluding carboxylic acids is 1. The van der Waals surface area contributed by atoms with Gasteiger partial charge in [0.15, 0.2) is 0 Å². The van der Waals surface area contributed by atoms with Crippen LogP contribution in [0.15, 0.2) is 48.0 Å². The minimum atomic E-state index is -0.852. The van der Waals surface area contributed by atoms with Gasteiger partial charge in [-0.3, -0.25) is 4.79 Å². The molecule has 0 saturated carbocycles. The van der Waals surface area contributed by atoms with E-state index in [1.165, 1.54) is 7.11 Å². The van der Waals surface area contributed by atoms with Crippen molar-refractivity contribution < 1.29 is 18.3 Å². The van der Waals surface area contributed by atoms with Crippen LogP contribution in [0.25, 0.3) is 6.08 Å². The Kier molecular flexibility index (Phi) is 5.05. The van der Waals surface area contributed by atoms with Crippen LogP contribution in [-0.4, -0.2) is 13.0 Å². The normalized spacial score (nSPS) is 10.8. The largest absolute Gasteiger partial charge is 0.497 e. The summed E-state index contributed by atoms with van der Waals surface area (Å²) >= 11 is 0. The van der Waals surface area contributed by atoms with Crippen molar-refractivity contribution >= 4 is 17.7 Å². The molecule has 2 aromatic rings. The van der Waals surface area contributed by atoms with Gasteiger partial charge in [-0.25, -0.2) is 8.78 Å². The number of nitrogens with zero attached hydrogens (tertiary/aromatic N) is 1. The van der Waals surface area contributed by atoms with Gasteiger partial charge in [0.05, 0.1) is 7.11 Å². The maximum atomic E-state index is 13.6. The number of carbonyl (C=O) groups is 1. The second-order valence-electron chi connectivity index (χ2n) is 4.52. The number of benzene rings is 2. The number of halogens is 2. The molecule has 0 atom stereocenters. The predicted octanol–water partition coefficient (Wildman–Crippen LogP) is 3.52. The Bertz CT molecular complexity index is 793. The molecule has 0 heterocycles. The SMILES string of the molecule is COc1ccc(NC(=O)/C(C#N)=C/c2ccc(F)cc2F)cc1. The molecule has 23 heavy (non-hydrogen) atoms. The molecule has 116 valence electrons. The number of rotatable bonds is 4. The average molecular weight is 314 g/mol. The Morgan fingerprint density at radius 1 is 1.22 bits per heavy atom. The number of hydrogen-bond acceptors (Lipinski definition) is 3. The summed E-state index contributed by atoms with van der Waals surface area (Å²) in [7, 11) is 1.52. The lowest BCUT2D eigenvalue weighted by molar-refractivity contribution is -0.112. The fourth-order valence-corrected chi connectivity index (χ4v) is 1.80. The third kappa shape index (κ3) is 4.14. The first-order valence-electron chi connectivity index (χ1n) is 6.55. The Morgan fingerprint density at radius 2 is 1.91 bits per heavy atom. The summed E-state index contributed by atoms with van der Waals surface area (Å²) in [5.74, 6) is -1.66. The molecule has 0 spiro atoms. The first-order valence-corrected chi connectivity index (χ1v) is 6.55. The molecule has 0 aliphatic carbocycles. The van der Waals surface area contributed by atoms with Crippen LogP contribution in [0.2, 0.25) is 0 Å². The molecule has 1 N–H and O–H groups in total. The molecule has 0 aliphatic rings. The Balaban J connectivity index is 2.20. The molecular weight excluding hydrogens is 302 g/mol. The van der Waals surface area contributed by atoms with E-state index in [-0.39, 0.29) is 11.1 Å². The van der Waals surface area contributed by atoms with Crippen molar-refractivity contribution in [2.24, 2.45) is 0 Å². The van der Waals surface area contributed by atoms with Crippen LogP contribution in [-0.2, 0) is 4.79 Å². The maximum Gasteiger partial charge on any atom is 0.266 e. The summed E-state index contributed by atoms with van der Waals surface area (Å²) in [5, 5.41) is 11.6. The molecule has 0 unspecified atom stereocenters. The fourth-order valence-electron chi connectivity index (χ4n) is 1.80. The van der Waals surface area contributed by atoms with E-state index in [0.29, 0.717) is 17.5 Å². The zero-order valence-electron chi connectivity index (χ0n) is 12.1. The van der Waals surface area contributed by atoms with Gasteiger partial charge in [0, 0.05) is 17.3 Å². The van der Waals surface area contributed by atoms with Crippen LogP contribution in [0.3, 0.4) is 0 Å². The van der Waals surface area contributed by atoms with Gasteiger partial charge >= 0.3 is 0 Å². The molecule has 1 amide bonds. The number of nitriles is 1. The maximum absolute atomic E-state index is 13.6. The van der Waals surface area contributed by atoms with E-state index in [9.17, 15) is 13.6 Å². The van der Waals surface area contributed by atoms with Crippen molar-refractivity contribution in [2.45, 2.75) is 0 Å². The summed E-state index contributed by atoms with van der Waals surface area (Å²) in [5.41, 5.74) is 0.107. The van der Waals surface area contributed by atoms with Crippen LogP contribution in [0.1, 0.15) is 5.56 Å². The number of ether oxygens (including phenoxy) is 1. The molecule has 0 fully saturated rings. The molecule has 2 rings (SSSR count). The van der Waals surface area contributed by atoms with Gasteiger partial charge in [-0.15, -0.1) is 0 Å². The standard InChI is InChI=1S/C17H12F2N2O2/c1-23-15-6-4-14(5-7-15)21-17(22)12(10-20)8-11-2-3-13(18)9-16(11)19/h2-9H,1H3,(H,21,22)/b12-8+. The second-order valence-corrected chi connectivity index (χ2v) is 4.52. The lowest BCUT2D eigenvalue weighted by atomic mass is 10.1. The second kappa shape index (κ2) is 7.18. The first-order chi connectivity index (χ1) is 11.0. The van der Waals surface area contributed by atoms with Crippen molar-refractivity contribution in [3.8, 4) is 11.8 Å². The molecule has 4 nitrogen and oxygen atoms in total. The lowest BCUT2D eigenvalue weighted by Crippen LogP contribution is -2.13. The minimum absolute atomic E-state index is 0.0483. The predicted molar refractivity (Wildman–Crippen MR) is 81.6 cm³/mol. The van der Waals surface area contributed by atoms with Gasteiger partial charge < -0.3 is 10.1 Å². The molecule has 0 saturated heterocycles. The van der Waals surface area contributed by atoms with Gasteiger partial charge in [-0.1, -0.05) is 0 Å². The van der Waals surface area contributed by atoms with Crippen molar-refractivity contribution in [2.75, 3.05) is 12.4 Å². The monoisotopic (exact) mass is 314 g/mol. The van der Waals surface area contributed by atoms with Gasteiger partial charge in [-0.2, -0.15) is 5.26 Å². The van der Waals surface area contributed by atoms with E-state index in [2.05, 4.69) is 5.32 Å². The quantitative estimate of drug-likeness (QED) is 0.694. The third-order valence-corrected chi connectivity index (χ3v) is 2.98. The van der Waals surface area contributed by atoms with Crippen molar-refractivity contribution in [1.82, 2.24) is 0 Å². The van der Waals surface area contributed by atoms with Crippen LogP contribution >= 0.6 is 0 Å². The molecule has 0 aliphatic heterocycles. The van der Waals surface area contributed by atoms with Crippen LogP contribution in [0.4, 0.5) is 14.5 Å². The topological polar surface area (TPSA) is 62.1 Å². The number of methoxy groups -OCH3 is 1. The molecule has 0 aromatic heterocycles. The van der Waals surface area contributed by atoms with E-state index in [0.717, 1.165) is 18.2 Å². The molecule has 2 aromatic carbocycles. The number of anilines is 1. The van der Waals surface area contributed by atoms with Gasteiger partial charge in [0.1, 0.15) is 29.0 Å². The van der Waals surface area contributed by atoms with Crippen molar-refractivity contribution in [3.63, 3.8) is 0 Å². The van der Waals surface area contributed by atoms with E-state index >= 15 is 0 Å². The van der Waals surface area contributed by atoms with Crippen LogP contribution in [0, 0.1) is 23.0 Å². The Morgan fingerprint density at radius 3 is 2.48 bits per heavy atom. The zero-order valence-corrected chi connectivity index (χ0v) is 12.1. The highest BCUT2D eigenvalue weighted by Crippen LogP contribution is 2.17. The summed E-state index contributed by atoms with van der Waals surface area (Å²) in [4.78, 5) is 12.1. The van der Waals surface area contributed by atoms with Crippen molar-refractivity contribution in [1.29, 1.82) is 5.26 Å². The number of hydrogen-bond donors (Lipinski definition) is 1. The summed E-state index contributed by atoms with van der Waals surface area (Å²) in [6.07, 6.45) is 1.06. The highest BCUT2D eigenvalue weighted by Gasteiger charge is 2.11. The van der Waals surface area contributed by atoms with Crippen LogP contribution in [0.5, 0.6) is 5.75 Å². The average Bonchev–Trinajstić information content (AvgIpc) is 2.54. The highest BCUT2D eigenvalue weighted by atomic mass is 19.1. The molecular formula is C17H12F2N2O2. The molecule has 0 bridgehead atoms. The summed E-state index contributed by atoms with van der Waals surface area (Å²) in [6.45, 7) is 0. The van der Waals surface area contributed by atoms with E-state index in [1.54, 1.807) is 30.3 Å². The van der Waals surface area contributed by atoms with Gasteiger partial charge in [-0.05, 0) is 42.5 Å². The number of nitrogens with one attached hydrogen (secondary N) is 1. The molecule has 0 radical (unpaired) electrons. The molecule has 6 heteroatoms. The zero-order chi connectivity index (χ0) is 16.8. The minimum Gasteiger partial charge on any atom is -0.497 e. The van der Waals surface area contributed by atoms with E-state index in [4.69, 9.17) is 10.00 Å². The summed E-state index contributed by atoms with van der Waals surface area (Å²) < 4.78 is 31.4. The van der Waals surface area contributed by atoms with Crippen LogP contribution < -0.4 is 10.1 Å².